The third-order valence-electron chi connectivity index (χ3n) is 7.46. The van der Waals surface area contributed by atoms with Crippen LogP contribution in [0.4, 0.5) is 11.8 Å². The van der Waals surface area contributed by atoms with Crippen molar-refractivity contribution in [3.8, 4) is 5.69 Å². The molecule has 1 unspecified atom stereocenters. The minimum absolute atomic E-state index is 0.261. The van der Waals surface area contributed by atoms with Gasteiger partial charge < -0.3 is 19.7 Å². The maximum atomic E-state index is 5.05. The molecule has 9 heteroatoms. The summed E-state index contributed by atoms with van der Waals surface area (Å²) in [5.41, 5.74) is 3.88. The SMILES string of the molecule is CCN(CC)C1CCCN(c2nc(NCc3ccccc3-n3cccn3)c3ncn(C(C)C)c3n2)CC1. The van der Waals surface area contributed by atoms with Gasteiger partial charge in [0.05, 0.1) is 12.0 Å². The smallest absolute Gasteiger partial charge is 0.229 e. The molecule has 1 aliphatic heterocycles. The summed E-state index contributed by atoms with van der Waals surface area (Å²) in [6.45, 7) is 13.6. The Morgan fingerprint density at radius 3 is 2.65 bits per heavy atom. The van der Waals surface area contributed by atoms with E-state index in [4.69, 9.17) is 15.0 Å². The lowest BCUT2D eigenvalue weighted by atomic mass is 10.1. The van der Waals surface area contributed by atoms with Crippen molar-refractivity contribution in [3.05, 3.63) is 54.6 Å². The minimum Gasteiger partial charge on any atom is -0.364 e. The summed E-state index contributed by atoms with van der Waals surface area (Å²) in [5.74, 6) is 1.57. The molecule has 0 radical (unpaired) electrons. The van der Waals surface area contributed by atoms with E-state index in [1.165, 1.54) is 6.42 Å². The molecule has 1 atom stereocenters. The van der Waals surface area contributed by atoms with Crippen LogP contribution in [0.1, 0.15) is 58.6 Å². The largest absolute Gasteiger partial charge is 0.364 e. The van der Waals surface area contributed by atoms with E-state index in [1.807, 2.05) is 29.3 Å². The maximum Gasteiger partial charge on any atom is 0.229 e. The molecule has 1 saturated heterocycles. The van der Waals surface area contributed by atoms with Crippen LogP contribution in [-0.2, 0) is 6.54 Å². The molecule has 196 valence electrons. The van der Waals surface area contributed by atoms with E-state index in [1.54, 1.807) is 6.20 Å². The highest BCUT2D eigenvalue weighted by molar-refractivity contribution is 5.84. The second-order valence-corrected chi connectivity index (χ2v) is 10.0. The first-order valence-corrected chi connectivity index (χ1v) is 13.6. The second-order valence-electron chi connectivity index (χ2n) is 10.0. The van der Waals surface area contributed by atoms with Crippen molar-refractivity contribution in [2.24, 2.45) is 0 Å². The Kier molecular flexibility index (Phi) is 7.69. The molecular formula is C28H39N9. The molecular weight excluding hydrogens is 462 g/mol. The summed E-state index contributed by atoms with van der Waals surface area (Å²) in [7, 11) is 0. The van der Waals surface area contributed by atoms with Crippen molar-refractivity contribution < 1.29 is 0 Å². The lowest BCUT2D eigenvalue weighted by molar-refractivity contribution is 0.201. The lowest BCUT2D eigenvalue weighted by Gasteiger charge is -2.28. The molecule has 4 heterocycles. The van der Waals surface area contributed by atoms with Crippen molar-refractivity contribution in [2.75, 3.05) is 36.4 Å². The average molecular weight is 502 g/mol. The molecule has 9 nitrogen and oxygen atoms in total. The van der Waals surface area contributed by atoms with Crippen LogP contribution in [0.15, 0.2) is 49.1 Å². The number of nitrogens with zero attached hydrogens (tertiary/aromatic N) is 8. The van der Waals surface area contributed by atoms with Crippen molar-refractivity contribution >= 4 is 22.9 Å². The molecule has 0 amide bonds. The third-order valence-corrected chi connectivity index (χ3v) is 7.46. The first kappa shape index (κ1) is 25.2. The zero-order valence-corrected chi connectivity index (χ0v) is 22.5. The third kappa shape index (κ3) is 5.32. The predicted molar refractivity (Wildman–Crippen MR) is 149 cm³/mol. The van der Waals surface area contributed by atoms with Crippen LogP contribution in [0.3, 0.4) is 0 Å². The zero-order valence-electron chi connectivity index (χ0n) is 22.5. The van der Waals surface area contributed by atoms with Crippen LogP contribution >= 0.6 is 0 Å². The number of aromatic nitrogens is 6. The summed E-state index contributed by atoms with van der Waals surface area (Å²) >= 11 is 0. The van der Waals surface area contributed by atoms with Gasteiger partial charge in [-0.2, -0.15) is 15.1 Å². The molecule has 1 fully saturated rings. The van der Waals surface area contributed by atoms with E-state index in [0.29, 0.717) is 12.6 Å². The van der Waals surface area contributed by atoms with Crippen LogP contribution in [0.25, 0.3) is 16.9 Å². The number of fused-ring (bicyclic) bond motifs is 1. The maximum absolute atomic E-state index is 5.05. The van der Waals surface area contributed by atoms with E-state index in [-0.39, 0.29) is 6.04 Å². The number of hydrogen-bond acceptors (Lipinski definition) is 7. The van der Waals surface area contributed by atoms with Crippen LogP contribution in [0.5, 0.6) is 0 Å². The molecule has 4 aromatic rings. The summed E-state index contributed by atoms with van der Waals surface area (Å²) in [4.78, 5) is 19.8. The minimum atomic E-state index is 0.261. The first-order valence-electron chi connectivity index (χ1n) is 13.6. The van der Waals surface area contributed by atoms with Crippen LogP contribution in [0, 0.1) is 0 Å². The van der Waals surface area contributed by atoms with E-state index < -0.39 is 0 Å². The molecule has 0 bridgehead atoms. The molecule has 1 aromatic carbocycles. The van der Waals surface area contributed by atoms with Crippen LogP contribution in [-0.4, -0.2) is 66.4 Å². The van der Waals surface area contributed by atoms with Gasteiger partial charge in [0.2, 0.25) is 5.95 Å². The summed E-state index contributed by atoms with van der Waals surface area (Å²) in [5, 5.41) is 8.02. The lowest BCUT2D eigenvalue weighted by Crippen LogP contribution is -2.36. The Balaban J connectivity index is 1.45. The van der Waals surface area contributed by atoms with Gasteiger partial charge in [0, 0.05) is 44.1 Å². The number of imidazole rings is 1. The van der Waals surface area contributed by atoms with Crippen LogP contribution in [0.2, 0.25) is 0 Å². The Hall–Kier alpha value is -3.46. The Bertz CT molecular complexity index is 1290. The molecule has 0 spiro atoms. The van der Waals surface area contributed by atoms with E-state index in [9.17, 15) is 0 Å². The standard InChI is InChI=1S/C28H39N9/c1-5-34(6-2)23-12-9-16-35(18-14-23)28-32-26(25-27(33-28)36(20-30-25)21(3)4)29-19-22-11-7-8-13-24(22)37-17-10-15-31-37/h7-8,10-11,13,15,17,20-21,23H,5-6,9,12,14,16,18-19H2,1-4H3,(H,29,32,33). The van der Waals surface area contributed by atoms with Crippen molar-refractivity contribution in [1.29, 1.82) is 0 Å². The zero-order chi connectivity index (χ0) is 25.8. The normalized spacial score (nSPS) is 16.6. The highest BCUT2D eigenvalue weighted by Crippen LogP contribution is 2.27. The fourth-order valence-electron chi connectivity index (χ4n) is 5.41. The van der Waals surface area contributed by atoms with Gasteiger partial charge >= 0.3 is 0 Å². The second kappa shape index (κ2) is 11.3. The van der Waals surface area contributed by atoms with Gasteiger partial charge in [-0.25, -0.2) is 9.67 Å². The number of para-hydroxylation sites is 1. The van der Waals surface area contributed by atoms with Gasteiger partial charge in [0.15, 0.2) is 17.0 Å². The topological polar surface area (TPSA) is 79.9 Å². The first-order chi connectivity index (χ1) is 18.1. The molecule has 5 rings (SSSR count). The molecule has 0 aliphatic carbocycles. The van der Waals surface area contributed by atoms with Crippen molar-refractivity contribution in [3.63, 3.8) is 0 Å². The highest BCUT2D eigenvalue weighted by Gasteiger charge is 2.24. The monoisotopic (exact) mass is 501 g/mol. The predicted octanol–water partition coefficient (Wildman–Crippen LogP) is 4.91. The van der Waals surface area contributed by atoms with E-state index in [2.05, 4.69) is 70.7 Å². The van der Waals surface area contributed by atoms with Gasteiger partial charge in [-0.15, -0.1) is 0 Å². The number of anilines is 2. The number of benzene rings is 1. The Morgan fingerprint density at radius 2 is 1.89 bits per heavy atom. The fourth-order valence-corrected chi connectivity index (χ4v) is 5.41. The van der Waals surface area contributed by atoms with E-state index >= 15 is 0 Å². The molecule has 37 heavy (non-hydrogen) atoms. The van der Waals surface area contributed by atoms with Gasteiger partial charge in [-0.1, -0.05) is 32.0 Å². The molecule has 0 saturated carbocycles. The summed E-state index contributed by atoms with van der Waals surface area (Å²) < 4.78 is 4.04. The number of nitrogens with one attached hydrogen (secondary N) is 1. The van der Waals surface area contributed by atoms with Gasteiger partial charge in [-0.05, 0) is 63.9 Å². The molecule has 1 aliphatic rings. The fraction of sp³-hybridized carbons (Fsp3) is 0.500. The van der Waals surface area contributed by atoms with Crippen LogP contribution < -0.4 is 10.2 Å². The van der Waals surface area contributed by atoms with Gasteiger partial charge in [0.25, 0.3) is 0 Å². The van der Waals surface area contributed by atoms with E-state index in [0.717, 1.165) is 73.2 Å². The van der Waals surface area contributed by atoms with Crippen molar-refractivity contribution in [2.45, 2.75) is 65.6 Å². The molecule has 3 aromatic heterocycles. The highest BCUT2D eigenvalue weighted by atomic mass is 15.3. The summed E-state index contributed by atoms with van der Waals surface area (Å²) in [6.07, 6.45) is 9.15. The molecule has 1 N–H and O–H groups in total. The average Bonchev–Trinajstić information content (AvgIpc) is 3.54. The summed E-state index contributed by atoms with van der Waals surface area (Å²) in [6, 6.07) is 11.1. The Morgan fingerprint density at radius 1 is 1.05 bits per heavy atom. The quantitative estimate of drug-likeness (QED) is 0.349. The Labute approximate surface area is 219 Å². The van der Waals surface area contributed by atoms with Gasteiger partial charge in [-0.3, -0.25) is 0 Å². The van der Waals surface area contributed by atoms with Gasteiger partial charge in [0.1, 0.15) is 0 Å². The number of hydrogen-bond donors (Lipinski definition) is 1. The number of rotatable bonds is 9. The van der Waals surface area contributed by atoms with Crippen molar-refractivity contribution in [1.82, 2.24) is 34.2 Å².